The van der Waals surface area contributed by atoms with E-state index in [1.807, 2.05) is 30.0 Å². The van der Waals surface area contributed by atoms with Gasteiger partial charge < -0.3 is 4.90 Å². The quantitative estimate of drug-likeness (QED) is 0.323. The summed E-state index contributed by atoms with van der Waals surface area (Å²) in [5, 5.41) is 1.39. The number of carbonyl (C=O) groups excluding carboxylic acids is 1. The topological polar surface area (TPSA) is 55.2 Å². The normalized spacial score (nSPS) is 15.2. The Morgan fingerprint density at radius 2 is 2.03 bits per heavy atom. The van der Waals surface area contributed by atoms with Crippen molar-refractivity contribution in [3.05, 3.63) is 62.8 Å². The molecule has 3 aromatic rings. The lowest BCUT2D eigenvalue weighted by molar-refractivity contribution is -0.116. The first kappa shape index (κ1) is 20.5. The zero-order chi connectivity index (χ0) is 21.5. The minimum absolute atomic E-state index is 0.00821. The van der Waals surface area contributed by atoms with Crippen molar-refractivity contribution in [3.8, 4) is 0 Å². The molecule has 0 N–H and O–H groups in total. The lowest BCUT2D eigenvalue weighted by Crippen LogP contribution is -2.31. The molecule has 3 heterocycles. The van der Waals surface area contributed by atoms with Crippen LogP contribution >= 0.6 is 23.1 Å². The highest BCUT2D eigenvalue weighted by Crippen LogP contribution is 2.35. The minimum atomic E-state index is 0.00821. The van der Waals surface area contributed by atoms with Gasteiger partial charge >= 0.3 is 0 Å². The molecule has 1 aliphatic heterocycles. The van der Waals surface area contributed by atoms with E-state index >= 15 is 0 Å². The maximum absolute atomic E-state index is 13.5. The summed E-state index contributed by atoms with van der Waals surface area (Å²) in [4.78, 5) is 35.3. The molecule has 5 nitrogen and oxygen atoms in total. The summed E-state index contributed by atoms with van der Waals surface area (Å²) in [6.45, 7) is 7.05. The van der Waals surface area contributed by atoms with Crippen LogP contribution in [0.5, 0.6) is 0 Å². The van der Waals surface area contributed by atoms with Gasteiger partial charge in [-0.1, -0.05) is 42.1 Å². The molecule has 0 spiro atoms. The Kier molecular flexibility index (Phi) is 5.48. The average Bonchev–Trinajstić information content (AvgIpc) is 3.35. The summed E-state index contributed by atoms with van der Waals surface area (Å²) in [5.41, 5.74) is 4.31. The molecular weight excluding hydrogens is 426 g/mol. The number of amides is 1. The van der Waals surface area contributed by atoms with Crippen LogP contribution in [-0.2, 0) is 30.6 Å². The average molecular weight is 452 g/mol. The van der Waals surface area contributed by atoms with Gasteiger partial charge in [0.05, 0.1) is 11.1 Å². The van der Waals surface area contributed by atoms with Gasteiger partial charge in [-0.3, -0.25) is 14.2 Å². The number of allylic oxidation sites excluding steroid dienone is 1. The third-order valence-corrected chi connectivity index (χ3v) is 8.13. The third-order valence-electron chi connectivity index (χ3n) is 5.98. The van der Waals surface area contributed by atoms with Crippen LogP contribution in [-0.4, -0.2) is 27.8 Å². The van der Waals surface area contributed by atoms with Crippen molar-refractivity contribution in [2.45, 2.75) is 50.7 Å². The molecule has 2 aromatic heterocycles. The SMILES string of the molecule is C=C(C)Cn1c(SCC(=O)N2CCc3ccccc32)nc2sc3c(c2c1=O)CCCC3. The maximum Gasteiger partial charge on any atom is 0.263 e. The molecule has 7 heteroatoms. The zero-order valence-electron chi connectivity index (χ0n) is 17.6. The molecule has 0 atom stereocenters. The standard InChI is InChI=1S/C24H25N3O2S2/c1-15(2)13-27-23(29)21-17-8-4-6-10-19(17)31-22(21)25-24(27)30-14-20(28)26-12-11-16-7-3-5-9-18(16)26/h3,5,7,9H,1,4,6,8,10-14H2,2H3. The van der Waals surface area contributed by atoms with E-state index in [-0.39, 0.29) is 17.2 Å². The Labute approximate surface area is 189 Å². The van der Waals surface area contributed by atoms with Crippen LogP contribution in [0.3, 0.4) is 0 Å². The second-order valence-electron chi connectivity index (χ2n) is 8.35. The number of aryl methyl sites for hydroxylation is 2. The number of anilines is 1. The van der Waals surface area contributed by atoms with E-state index in [4.69, 9.17) is 4.98 Å². The Morgan fingerprint density at radius 3 is 2.87 bits per heavy atom. The number of thioether (sulfide) groups is 1. The fourth-order valence-electron chi connectivity index (χ4n) is 4.54. The van der Waals surface area contributed by atoms with E-state index in [2.05, 4.69) is 12.6 Å². The number of thiophene rings is 1. The molecule has 160 valence electrons. The van der Waals surface area contributed by atoms with Crippen LogP contribution in [0.2, 0.25) is 0 Å². The number of hydrogen-bond donors (Lipinski definition) is 0. The van der Waals surface area contributed by atoms with E-state index in [0.717, 1.165) is 47.2 Å². The summed E-state index contributed by atoms with van der Waals surface area (Å²) < 4.78 is 1.71. The molecule has 31 heavy (non-hydrogen) atoms. The highest BCUT2D eigenvalue weighted by atomic mass is 32.2. The highest BCUT2D eigenvalue weighted by Gasteiger charge is 2.26. The third kappa shape index (κ3) is 3.74. The van der Waals surface area contributed by atoms with Gasteiger partial charge in [-0.15, -0.1) is 11.3 Å². The molecule has 1 aromatic carbocycles. The van der Waals surface area contributed by atoms with Crippen molar-refractivity contribution in [2.24, 2.45) is 0 Å². The molecule has 0 unspecified atom stereocenters. The Bertz CT molecular complexity index is 1260. The number of rotatable bonds is 5. The number of hydrogen-bond acceptors (Lipinski definition) is 5. The van der Waals surface area contributed by atoms with E-state index in [0.29, 0.717) is 18.2 Å². The maximum atomic E-state index is 13.5. The van der Waals surface area contributed by atoms with Crippen molar-refractivity contribution in [1.29, 1.82) is 0 Å². The Hall–Kier alpha value is -2.38. The number of fused-ring (bicyclic) bond motifs is 4. The summed E-state index contributed by atoms with van der Waals surface area (Å²) >= 11 is 3.01. The van der Waals surface area contributed by atoms with Crippen molar-refractivity contribution < 1.29 is 4.79 Å². The summed E-state index contributed by atoms with van der Waals surface area (Å²) in [6.07, 6.45) is 5.18. The Balaban J connectivity index is 1.47. The molecule has 0 radical (unpaired) electrons. The number of carbonyl (C=O) groups is 1. The summed E-state index contributed by atoms with van der Waals surface area (Å²) in [7, 11) is 0. The first-order chi connectivity index (χ1) is 15.0. The minimum Gasteiger partial charge on any atom is -0.311 e. The molecule has 2 aliphatic rings. The van der Waals surface area contributed by atoms with E-state index < -0.39 is 0 Å². The van der Waals surface area contributed by atoms with Crippen LogP contribution in [0.4, 0.5) is 5.69 Å². The summed E-state index contributed by atoms with van der Waals surface area (Å²) in [6, 6.07) is 8.06. The highest BCUT2D eigenvalue weighted by molar-refractivity contribution is 7.99. The van der Waals surface area contributed by atoms with E-state index in [1.54, 1.807) is 15.9 Å². The number of benzene rings is 1. The van der Waals surface area contributed by atoms with Gasteiger partial charge in [0.15, 0.2) is 5.16 Å². The van der Waals surface area contributed by atoms with Crippen LogP contribution in [0.1, 0.15) is 35.8 Å². The fourth-order valence-corrected chi connectivity index (χ4v) is 6.72. The van der Waals surface area contributed by atoms with Gasteiger partial charge in [0.2, 0.25) is 5.91 Å². The number of nitrogens with zero attached hydrogens (tertiary/aromatic N) is 3. The van der Waals surface area contributed by atoms with Crippen LogP contribution in [0.15, 0.2) is 46.4 Å². The van der Waals surface area contributed by atoms with Gasteiger partial charge in [-0.25, -0.2) is 4.98 Å². The molecular formula is C24H25N3O2S2. The largest absolute Gasteiger partial charge is 0.311 e. The smallest absolute Gasteiger partial charge is 0.263 e. The van der Waals surface area contributed by atoms with Crippen LogP contribution in [0.25, 0.3) is 10.2 Å². The van der Waals surface area contributed by atoms with Crippen molar-refractivity contribution in [2.75, 3.05) is 17.2 Å². The number of aromatic nitrogens is 2. The first-order valence-electron chi connectivity index (χ1n) is 10.7. The van der Waals surface area contributed by atoms with Crippen LogP contribution < -0.4 is 10.5 Å². The van der Waals surface area contributed by atoms with Crippen molar-refractivity contribution in [1.82, 2.24) is 9.55 Å². The first-order valence-corrected chi connectivity index (χ1v) is 12.5. The number of para-hydroxylation sites is 1. The second-order valence-corrected chi connectivity index (χ2v) is 10.4. The van der Waals surface area contributed by atoms with Gasteiger partial charge in [0.25, 0.3) is 5.56 Å². The second kappa shape index (κ2) is 8.28. The van der Waals surface area contributed by atoms with Gasteiger partial charge in [-0.2, -0.15) is 0 Å². The fraction of sp³-hybridized carbons (Fsp3) is 0.375. The molecule has 0 bridgehead atoms. The molecule has 0 saturated carbocycles. The monoisotopic (exact) mass is 451 g/mol. The van der Waals surface area contributed by atoms with Crippen molar-refractivity contribution in [3.63, 3.8) is 0 Å². The van der Waals surface area contributed by atoms with Gasteiger partial charge in [0, 0.05) is 23.7 Å². The van der Waals surface area contributed by atoms with Crippen molar-refractivity contribution >= 4 is 44.9 Å². The molecule has 0 fully saturated rings. The predicted octanol–water partition coefficient (Wildman–Crippen LogP) is 4.59. The predicted molar refractivity (Wildman–Crippen MR) is 129 cm³/mol. The lowest BCUT2D eigenvalue weighted by atomic mass is 9.97. The van der Waals surface area contributed by atoms with E-state index in [9.17, 15) is 9.59 Å². The molecule has 1 amide bonds. The molecule has 1 aliphatic carbocycles. The molecule has 5 rings (SSSR count). The van der Waals surface area contributed by atoms with Gasteiger partial charge in [-0.05, 0) is 56.2 Å². The molecule has 0 saturated heterocycles. The van der Waals surface area contributed by atoms with E-state index in [1.165, 1.54) is 34.2 Å². The lowest BCUT2D eigenvalue weighted by Gasteiger charge is -2.18. The zero-order valence-corrected chi connectivity index (χ0v) is 19.3. The van der Waals surface area contributed by atoms with Crippen LogP contribution in [0, 0.1) is 0 Å². The summed E-state index contributed by atoms with van der Waals surface area (Å²) in [5.74, 6) is 0.310. The Morgan fingerprint density at radius 1 is 1.23 bits per heavy atom. The van der Waals surface area contributed by atoms with Gasteiger partial charge in [0.1, 0.15) is 4.83 Å².